The van der Waals surface area contributed by atoms with Crippen molar-refractivity contribution >= 4 is 17.3 Å². The number of hydrogen-bond donors (Lipinski definition) is 3. The van der Waals surface area contributed by atoms with Crippen LogP contribution in [0.15, 0.2) is 18.2 Å². The Morgan fingerprint density at radius 1 is 1.44 bits per heavy atom. The van der Waals surface area contributed by atoms with Gasteiger partial charge in [0.2, 0.25) is 0 Å². The summed E-state index contributed by atoms with van der Waals surface area (Å²) in [5, 5.41) is 3.31. The van der Waals surface area contributed by atoms with Crippen LogP contribution in [0.2, 0.25) is 0 Å². The molecule has 4 heteroatoms. The summed E-state index contributed by atoms with van der Waals surface area (Å²) in [5.41, 5.74) is 12.6. The van der Waals surface area contributed by atoms with E-state index in [1.165, 1.54) is 19.3 Å². The summed E-state index contributed by atoms with van der Waals surface area (Å²) in [6, 6.07) is 5.31. The van der Waals surface area contributed by atoms with Gasteiger partial charge in [0.05, 0.1) is 5.56 Å². The first-order valence-electron chi connectivity index (χ1n) is 5.60. The summed E-state index contributed by atoms with van der Waals surface area (Å²) < 4.78 is 0. The molecule has 2 rings (SSSR count). The maximum atomic E-state index is 11.1. The van der Waals surface area contributed by atoms with Crippen LogP contribution in [0.4, 0.5) is 11.4 Å². The Hall–Kier alpha value is -1.71. The van der Waals surface area contributed by atoms with Crippen molar-refractivity contribution in [1.29, 1.82) is 0 Å². The molecule has 1 aromatic rings. The average molecular weight is 219 g/mol. The van der Waals surface area contributed by atoms with Crippen molar-refractivity contribution in [2.24, 2.45) is 11.7 Å². The van der Waals surface area contributed by atoms with Gasteiger partial charge < -0.3 is 16.8 Å². The molecule has 1 fully saturated rings. The van der Waals surface area contributed by atoms with Gasteiger partial charge in [0.25, 0.3) is 5.91 Å². The molecule has 1 amide bonds. The molecule has 0 saturated heterocycles. The van der Waals surface area contributed by atoms with Crippen LogP contribution >= 0.6 is 0 Å². The molecule has 1 aliphatic rings. The van der Waals surface area contributed by atoms with Gasteiger partial charge in [0.15, 0.2) is 0 Å². The summed E-state index contributed by atoms with van der Waals surface area (Å²) in [6.07, 6.45) is 3.93. The monoisotopic (exact) mass is 219 g/mol. The van der Waals surface area contributed by atoms with Gasteiger partial charge >= 0.3 is 0 Å². The highest BCUT2D eigenvalue weighted by molar-refractivity contribution is 5.98. The molecule has 86 valence electrons. The fourth-order valence-electron chi connectivity index (χ4n) is 1.84. The molecule has 4 nitrogen and oxygen atoms in total. The first kappa shape index (κ1) is 10.8. The number of rotatable bonds is 4. The minimum atomic E-state index is -0.482. The molecule has 0 aromatic heterocycles. The SMILES string of the molecule is NC(=O)c1cc(NCC2CCC2)ccc1N. The highest BCUT2D eigenvalue weighted by atomic mass is 16.1. The van der Waals surface area contributed by atoms with Crippen LogP contribution in [-0.4, -0.2) is 12.5 Å². The number of benzene rings is 1. The van der Waals surface area contributed by atoms with E-state index < -0.39 is 5.91 Å². The van der Waals surface area contributed by atoms with Crippen molar-refractivity contribution in [1.82, 2.24) is 0 Å². The highest BCUT2D eigenvalue weighted by Gasteiger charge is 2.16. The van der Waals surface area contributed by atoms with Crippen LogP contribution in [0.5, 0.6) is 0 Å². The van der Waals surface area contributed by atoms with Crippen LogP contribution in [0, 0.1) is 5.92 Å². The summed E-state index contributed by atoms with van der Waals surface area (Å²) in [6.45, 7) is 0.960. The third-order valence-electron chi connectivity index (χ3n) is 3.14. The zero-order valence-corrected chi connectivity index (χ0v) is 9.20. The van der Waals surface area contributed by atoms with Crippen molar-refractivity contribution in [3.05, 3.63) is 23.8 Å². The summed E-state index contributed by atoms with van der Waals surface area (Å²) in [7, 11) is 0. The number of nitrogen functional groups attached to an aromatic ring is 1. The van der Waals surface area contributed by atoms with Gasteiger partial charge in [-0.05, 0) is 37.0 Å². The van der Waals surface area contributed by atoms with E-state index in [1.54, 1.807) is 12.1 Å². The van der Waals surface area contributed by atoms with E-state index in [-0.39, 0.29) is 0 Å². The van der Waals surface area contributed by atoms with Crippen molar-refractivity contribution in [2.75, 3.05) is 17.6 Å². The molecule has 5 N–H and O–H groups in total. The average Bonchev–Trinajstić information content (AvgIpc) is 2.17. The number of hydrogen-bond acceptors (Lipinski definition) is 3. The zero-order valence-electron chi connectivity index (χ0n) is 9.20. The molecule has 0 unspecified atom stereocenters. The van der Waals surface area contributed by atoms with Gasteiger partial charge in [-0.3, -0.25) is 4.79 Å². The molecule has 1 saturated carbocycles. The first-order chi connectivity index (χ1) is 7.66. The number of amides is 1. The van der Waals surface area contributed by atoms with Gasteiger partial charge in [-0.1, -0.05) is 6.42 Å². The molecule has 0 radical (unpaired) electrons. The van der Waals surface area contributed by atoms with Crippen LogP contribution in [0.25, 0.3) is 0 Å². The highest BCUT2D eigenvalue weighted by Crippen LogP contribution is 2.27. The second kappa shape index (κ2) is 4.43. The third-order valence-corrected chi connectivity index (χ3v) is 3.14. The first-order valence-corrected chi connectivity index (χ1v) is 5.60. The lowest BCUT2D eigenvalue weighted by Crippen LogP contribution is -2.21. The molecule has 0 atom stereocenters. The lowest BCUT2D eigenvalue weighted by atomic mass is 9.85. The minimum Gasteiger partial charge on any atom is -0.398 e. The van der Waals surface area contributed by atoms with Crippen LogP contribution in [0.1, 0.15) is 29.6 Å². The molecule has 0 aliphatic heterocycles. The molecular formula is C12H17N3O. The predicted octanol–water partition coefficient (Wildman–Crippen LogP) is 1.58. The van der Waals surface area contributed by atoms with Crippen LogP contribution < -0.4 is 16.8 Å². The fourth-order valence-corrected chi connectivity index (χ4v) is 1.84. The Labute approximate surface area is 95.0 Å². The lowest BCUT2D eigenvalue weighted by Gasteiger charge is -2.26. The molecular weight excluding hydrogens is 202 g/mol. The quantitative estimate of drug-likeness (QED) is 0.672. The largest absolute Gasteiger partial charge is 0.398 e. The Bertz CT molecular complexity index is 399. The number of anilines is 2. The fraction of sp³-hybridized carbons (Fsp3) is 0.417. The molecule has 0 heterocycles. The lowest BCUT2D eigenvalue weighted by molar-refractivity contribution is 0.100. The third kappa shape index (κ3) is 2.27. The molecule has 0 bridgehead atoms. The number of carbonyl (C=O) groups excluding carboxylic acids is 1. The van der Waals surface area contributed by atoms with E-state index in [4.69, 9.17) is 11.5 Å². The maximum Gasteiger partial charge on any atom is 0.250 e. The molecule has 0 spiro atoms. The van der Waals surface area contributed by atoms with Crippen molar-refractivity contribution < 1.29 is 4.79 Å². The maximum absolute atomic E-state index is 11.1. The van der Waals surface area contributed by atoms with E-state index in [9.17, 15) is 4.79 Å². The predicted molar refractivity (Wildman–Crippen MR) is 65.2 cm³/mol. The van der Waals surface area contributed by atoms with Crippen molar-refractivity contribution in [3.8, 4) is 0 Å². The van der Waals surface area contributed by atoms with E-state index in [2.05, 4.69) is 5.32 Å². The van der Waals surface area contributed by atoms with Gasteiger partial charge in [-0.15, -0.1) is 0 Å². The van der Waals surface area contributed by atoms with Crippen molar-refractivity contribution in [2.45, 2.75) is 19.3 Å². The number of nitrogens with two attached hydrogens (primary N) is 2. The van der Waals surface area contributed by atoms with E-state index in [0.29, 0.717) is 11.3 Å². The van der Waals surface area contributed by atoms with Crippen molar-refractivity contribution in [3.63, 3.8) is 0 Å². The Balaban J connectivity index is 2.03. The van der Waals surface area contributed by atoms with E-state index >= 15 is 0 Å². The van der Waals surface area contributed by atoms with Gasteiger partial charge in [0.1, 0.15) is 0 Å². The van der Waals surface area contributed by atoms with Gasteiger partial charge in [0, 0.05) is 17.9 Å². The summed E-state index contributed by atoms with van der Waals surface area (Å²) in [4.78, 5) is 11.1. The van der Waals surface area contributed by atoms with Gasteiger partial charge in [-0.25, -0.2) is 0 Å². The molecule has 1 aliphatic carbocycles. The standard InChI is InChI=1S/C12H17N3O/c13-11-5-4-9(6-10(11)12(14)16)15-7-8-2-1-3-8/h4-6,8,15H,1-3,7,13H2,(H2,14,16). The van der Waals surface area contributed by atoms with E-state index in [0.717, 1.165) is 18.2 Å². The number of primary amides is 1. The molecule has 16 heavy (non-hydrogen) atoms. The number of nitrogens with one attached hydrogen (secondary N) is 1. The Kier molecular flexibility index (Phi) is 2.99. The van der Waals surface area contributed by atoms with Crippen LogP contribution in [0.3, 0.4) is 0 Å². The Morgan fingerprint density at radius 3 is 2.75 bits per heavy atom. The minimum absolute atomic E-state index is 0.388. The number of carbonyl (C=O) groups is 1. The Morgan fingerprint density at radius 2 is 2.19 bits per heavy atom. The zero-order chi connectivity index (χ0) is 11.5. The second-order valence-electron chi connectivity index (χ2n) is 4.34. The normalized spacial score (nSPS) is 15.5. The second-order valence-corrected chi connectivity index (χ2v) is 4.34. The topological polar surface area (TPSA) is 81.1 Å². The summed E-state index contributed by atoms with van der Waals surface area (Å²) in [5.74, 6) is 0.291. The van der Waals surface area contributed by atoms with Crippen LogP contribution in [-0.2, 0) is 0 Å². The molecule has 1 aromatic carbocycles. The summed E-state index contributed by atoms with van der Waals surface area (Å²) >= 11 is 0. The van der Waals surface area contributed by atoms with E-state index in [1.807, 2.05) is 6.07 Å². The smallest absolute Gasteiger partial charge is 0.250 e. The van der Waals surface area contributed by atoms with Gasteiger partial charge in [-0.2, -0.15) is 0 Å².